The standard InChI is InChI=1S/C27H22BrO2P/c28-23-14-10-13-22(19-23)27(20-26(29)21-11-4-1-5-12-21)31(30,24-15-6-2-7-16-24)25-17-8-3-9-18-25/h1-19,27H,20H2/t27-/m1/s1. The Balaban J connectivity index is 1.91. The molecule has 4 heteroatoms. The van der Waals surface area contributed by atoms with Gasteiger partial charge in [-0.1, -0.05) is 119 Å². The van der Waals surface area contributed by atoms with E-state index in [1.807, 2.05) is 115 Å². The summed E-state index contributed by atoms with van der Waals surface area (Å²) in [6.07, 6.45) is 0.154. The molecule has 154 valence electrons. The van der Waals surface area contributed by atoms with Gasteiger partial charge in [-0.3, -0.25) is 4.79 Å². The summed E-state index contributed by atoms with van der Waals surface area (Å²) in [6.45, 7) is 0. The number of Topliss-reactive ketones (excluding diaryl/α,β-unsaturated/α-hetero) is 1. The van der Waals surface area contributed by atoms with Crippen LogP contribution in [0.15, 0.2) is 120 Å². The fourth-order valence-corrected chi connectivity index (χ4v) is 7.56. The molecule has 0 bridgehead atoms. The van der Waals surface area contributed by atoms with E-state index in [9.17, 15) is 4.79 Å². The second-order valence-electron chi connectivity index (χ2n) is 7.39. The van der Waals surface area contributed by atoms with Crippen LogP contribution >= 0.6 is 23.1 Å². The topological polar surface area (TPSA) is 34.1 Å². The van der Waals surface area contributed by atoms with Gasteiger partial charge in [0.1, 0.15) is 0 Å². The second-order valence-corrected chi connectivity index (χ2v) is 11.3. The number of rotatable bonds is 7. The van der Waals surface area contributed by atoms with E-state index in [4.69, 9.17) is 0 Å². The predicted molar refractivity (Wildman–Crippen MR) is 132 cm³/mol. The first-order valence-corrected chi connectivity index (χ1v) is 12.7. The largest absolute Gasteiger partial charge is 0.313 e. The first-order valence-electron chi connectivity index (χ1n) is 10.1. The van der Waals surface area contributed by atoms with Crippen LogP contribution in [0.3, 0.4) is 0 Å². The Morgan fingerprint density at radius 2 is 1.23 bits per heavy atom. The lowest BCUT2D eigenvalue weighted by Crippen LogP contribution is -2.23. The van der Waals surface area contributed by atoms with E-state index in [0.29, 0.717) is 5.56 Å². The third kappa shape index (κ3) is 4.63. The highest BCUT2D eigenvalue weighted by Gasteiger charge is 2.39. The van der Waals surface area contributed by atoms with Gasteiger partial charge in [0.25, 0.3) is 0 Å². The maximum absolute atomic E-state index is 15.0. The van der Waals surface area contributed by atoms with Crippen LogP contribution in [0.25, 0.3) is 0 Å². The molecule has 0 radical (unpaired) electrons. The maximum atomic E-state index is 15.0. The molecule has 0 aliphatic carbocycles. The van der Waals surface area contributed by atoms with Gasteiger partial charge in [0.05, 0.1) is 5.66 Å². The third-order valence-electron chi connectivity index (χ3n) is 5.43. The molecule has 2 nitrogen and oxygen atoms in total. The van der Waals surface area contributed by atoms with Crippen molar-refractivity contribution in [1.29, 1.82) is 0 Å². The molecule has 0 N–H and O–H groups in total. The molecule has 0 spiro atoms. The van der Waals surface area contributed by atoms with Crippen LogP contribution in [0.1, 0.15) is 28.0 Å². The molecule has 0 amide bonds. The molecule has 1 atom stereocenters. The van der Waals surface area contributed by atoms with Crippen LogP contribution in [0.5, 0.6) is 0 Å². The highest BCUT2D eigenvalue weighted by atomic mass is 79.9. The van der Waals surface area contributed by atoms with E-state index >= 15 is 4.57 Å². The molecule has 0 heterocycles. The summed E-state index contributed by atoms with van der Waals surface area (Å²) in [6, 6.07) is 36.1. The van der Waals surface area contributed by atoms with Crippen molar-refractivity contribution in [2.75, 3.05) is 0 Å². The van der Waals surface area contributed by atoms with E-state index in [1.165, 1.54) is 0 Å². The van der Waals surface area contributed by atoms with Crippen LogP contribution in [-0.4, -0.2) is 5.78 Å². The minimum atomic E-state index is -3.19. The van der Waals surface area contributed by atoms with Crippen LogP contribution in [0.4, 0.5) is 0 Å². The first kappa shape index (κ1) is 21.5. The van der Waals surface area contributed by atoms with Crippen molar-refractivity contribution in [3.63, 3.8) is 0 Å². The summed E-state index contributed by atoms with van der Waals surface area (Å²) in [5, 5.41) is 1.51. The molecule has 31 heavy (non-hydrogen) atoms. The van der Waals surface area contributed by atoms with Gasteiger partial charge in [0.15, 0.2) is 12.9 Å². The monoisotopic (exact) mass is 488 g/mol. The van der Waals surface area contributed by atoms with Gasteiger partial charge < -0.3 is 4.57 Å². The average Bonchev–Trinajstić information content (AvgIpc) is 2.83. The molecule has 0 saturated carbocycles. The van der Waals surface area contributed by atoms with Gasteiger partial charge in [-0.15, -0.1) is 0 Å². The van der Waals surface area contributed by atoms with Crippen molar-refractivity contribution in [2.24, 2.45) is 0 Å². The Morgan fingerprint density at radius 1 is 0.710 bits per heavy atom. The summed E-state index contributed by atoms with van der Waals surface area (Å²) in [7, 11) is -3.19. The predicted octanol–water partition coefficient (Wildman–Crippen LogP) is 6.78. The fourth-order valence-electron chi connectivity index (χ4n) is 3.90. The summed E-state index contributed by atoms with van der Waals surface area (Å²) in [4.78, 5) is 13.3. The Hall–Kier alpha value is -2.74. The van der Waals surface area contributed by atoms with Gasteiger partial charge in [0, 0.05) is 27.1 Å². The molecule has 0 aliphatic rings. The molecule has 0 saturated heterocycles. The SMILES string of the molecule is O=C(C[C@H](c1cccc(Br)c1)P(=O)(c1ccccc1)c1ccccc1)c1ccccc1. The zero-order valence-corrected chi connectivity index (χ0v) is 19.4. The summed E-state index contributed by atoms with van der Waals surface area (Å²) in [5.74, 6) is -0.0161. The minimum absolute atomic E-state index is 0.0161. The molecule has 4 rings (SSSR count). The van der Waals surface area contributed by atoms with Crippen LogP contribution < -0.4 is 10.6 Å². The molecule has 0 fully saturated rings. The van der Waals surface area contributed by atoms with Crippen LogP contribution in [0.2, 0.25) is 0 Å². The number of hydrogen-bond acceptors (Lipinski definition) is 2. The van der Waals surface area contributed by atoms with Gasteiger partial charge in [0.2, 0.25) is 0 Å². The normalized spacial score (nSPS) is 12.3. The Labute approximate surface area is 191 Å². The Kier molecular flexibility index (Phi) is 6.65. The molecule has 0 unspecified atom stereocenters. The van der Waals surface area contributed by atoms with Crippen LogP contribution in [-0.2, 0) is 4.57 Å². The van der Waals surface area contributed by atoms with Crippen molar-refractivity contribution in [3.05, 3.63) is 131 Å². The smallest absolute Gasteiger partial charge is 0.163 e. The van der Waals surface area contributed by atoms with Gasteiger partial charge in [-0.25, -0.2) is 0 Å². The summed E-state index contributed by atoms with van der Waals surface area (Å²) >= 11 is 3.55. The number of benzene rings is 4. The van der Waals surface area contributed by atoms with Crippen molar-refractivity contribution >= 4 is 39.5 Å². The lowest BCUT2D eigenvalue weighted by molar-refractivity contribution is 0.0981. The number of hydrogen-bond donors (Lipinski definition) is 0. The minimum Gasteiger partial charge on any atom is -0.313 e. The van der Waals surface area contributed by atoms with E-state index in [0.717, 1.165) is 20.6 Å². The fraction of sp³-hybridized carbons (Fsp3) is 0.0741. The van der Waals surface area contributed by atoms with Crippen molar-refractivity contribution in [3.8, 4) is 0 Å². The van der Waals surface area contributed by atoms with E-state index in [-0.39, 0.29) is 12.2 Å². The highest BCUT2D eigenvalue weighted by Crippen LogP contribution is 2.59. The summed E-state index contributed by atoms with van der Waals surface area (Å²) in [5.41, 5.74) is 1.03. The molecular weight excluding hydrogens is 467 g/mol. The molecular formula is C27H22BrO2P. The van der Waals surface area contributed by atoms with Gasteiger partial charge in [-0.2, -0.15) is 0 Å². The molecule has 4 aromatic rings. The Morgan fingerprint density at radius 3 is 1.74 bits per heavy atom. The summed E-state index contributed by atoms with van der Waals surface area (Å²) < 4.78 is 15.9. The zero-order chi connectivity index (χ0) is 21.7. The first-order chi connectivity index (χ1) is 15.1. The van der Waals surface area contributed by atoms with Gasteiger partial charge in [-0.05, 0) is 17.7 Å². The zero-order valence-electron chi connectivity index (χ0n) is 16.9. The third-order valence-corrected chi connectivity index (χ3v) is 9.41. The molecule has 0 aliphatic heterocycles. The van der Waals surface area contributed by atoms with Crippen LogP contribution in [0, 0.1) is 0 Å². The lowest BCUT2D eigenvalue weighted by Gasteiger charge is -2.29. The number of ketones is 1. The highest BCUT2D eigenvalue weighted by molar-refractivity contribution is 9.10. The number of carbonyl (C=O) groups excluding carboxylic acids is 1. The number of carbonyl (C=O) groups is 1. The number of halogens is 1. The van der Waals surface area contributed by atoms with E-state index in [2.05, 4.69) is 15.9 Å². The Bertz CT molecular complexity index is 1160. The van der Waals surface area contributed by atoms with Crippen molar-refractivity contribution < 1.29 is 9.36 Å². The average molecular weight is 489 g/mol. The van der Waals surface area contributed by atoms with Gasteiger partial charge >= 0.3 is 0 Å². The van der Waals surface area contributed by atoms with E-state index < -0.39 is 12.8 Å². The van der Waals surface area contributed by atoms with E-state index in [1.54, 1.807) is 0 Å². The maximum Gasteiger partial charge on any atom is 0.163 e. The second kappa shape index (κ2) is 9.60. The van der Waals surface area contributed by atoms with Crippen molar-refractivity contribution in [1.82, 2.24) is 0 Å². The quantitative estimate of drug-likeness (QED) is 0.212. The van der Waals surface area contributed by atoms with Crippen molar-refractivity contribution in [2.45, 2.75) is 12.1 Å². The molecule has 0 aromatic heterocycles. The molecule has 4 aromatic carbocycles. The lowest BCUT2D eigenvalue weighted by atomic mass is 10.0.